The Labute approximate surface area is 92.9 Å². The molecule has 86 valence electrons. The van der Waals surface area contributed by atoms with Gasteiger partial charge in [0.25, 0.3) is 0 Å². The SMILES string of the molecule is CCCCCC(Cc1cnn(C)c1)NC. The molecular formula is C12H23N3. The van der Waals surface area contributed by atoms with E-state index in [1.807, 2.05) is 25.0 Å². The molecule has 1 rings (SSSR count). The van der Waals surface area contributed by atoms with Crippen molar-refractivity contribution in [1.82, 2.24) is 15.1 Å². The molecule has 3 heteroatoms. The van der Waals surface area contributed by atoms with Gasteiger partial charge in [0.1, 0.15) is 0 Å². The Hall–Kier alpha value is -0.830. The number of likely N-dealkylation sites (N-methyl/N-ethyl adjacent to an activating group) is 1. The van der Waals surface area contributed by atoms with Gasteiger partial charge in [-0.2, -0.15) is 5.10 Å². The van der Waals surface area contributed by atoms with Crippen molar-refractivity contribution in [2.45, 2.75) is 45.1 Å². The monoisotopic (exact) mass is 209 g/mol. The van der Waals surface area contributed by atoms with E-state index in [0.29, 0.717) is 6.04 Å². The molecule has 1 aromatic rings. The topological polar surface area (TPSA) is 29.9 Å². The zero-order chi connectivity index (χ0) is 11.1. The highest BCUT2D eigenvalue weighted by Crippen LogP contribution is 2.08. The van der Waals surface area contributed by atoms with Gasteiger partial charge in [-0.3, -0.25) is 4.68 Å². The maximum absolute atomic E-state index is 4.19. The number of hydrogen-bond acceptors (Lipinski definition) is 2. The second kappa shape index (κ2) is 6.62. The standard InChI is InChI=1S/C12H23N3/c1-4-5-6-7-12(13-2)8-11-9-14-15(3)10-11/h9-10,12-13H,4-8H2,1-3H3. The first kappa shape index (κ1) is 12.2. The number of unbranched alkanes of at least 4 members (excludes halogenated alkanes) is 2. The predicted molar refractivity (Wildman–Crippen MR) is 63.9 cm³/mol. The van der Waals surface area contributed by atoms with E-state index < -0.39 is 0 Å². The Kier molecular flexibility index (Phi) is 5.40. The van der Waals surface area contributed by atoms with Crippen LogP contribution in [0, 0.1) is 0 Å². The van der Waals surface area contributed by atoms with Gasteiger partial charge < -0.3 is 5.32 Å². The minimum Gasteiger partial charge on any atom is -0.317 e. The van der Waals surface area contributed by atoms with Crippen molar-refractivity contribution in [2.75, 3.05) is 7.05 Å². The Balaban J connectivity index is 2.33. The van der Waals surface area contributed by atoms with E-state index in [0.717, 1.165) is 6.42 Å². The van der Waals surface area contributed by atoms with Gasteiger partial charge >= 0.3 is 0 Å². The molecule has 0 aliphatic rings. The van der Waals surface area contributed by atoms with Gasteiger partial charge in [-0.1, -0.05) is 26.2 Å². The lowest BCUT2D eigenvalue weighted by atomic mass is 10.0. The van der Waals surface area contributed by atoms with Crippen molar-refractivity contribution < 1.29 is 0 Å². The molecule has 15 heavy (non-hydrogen) atoms. The smallest absolute Gasteiger partial charge is 0.0522 e. The van der Waals surface area contributed by atoms with Crippen molar-refractivity contribution in [3.05, 3.63) is 18.0 Å². The van der Waals surface area contributed by atoms with E-state index in [1.165, 1.54) is 31.2 Å². The summed E-state index contributed by atoms with van der Waals surface area (Å²) >= 11 is 0. The molecule has 1 atom stereocenters. The minimum atomic E-state index is 0.598. The lowest BCUT2D eigenvalue weighted by Gasteiger charge is -2.14. The summed E-state index contributed by atoms with van der Waals surface area (Å²) in [7, 11) is 4.02. The fraction of sp³-hybridized carbons (Fsp3) is 0.750. The summed E-state index contributed by atoms with van der Waals surface area (Å²) in [4.78, 5) is 0. The van der Waals surface area contributed by atoms with Gasteiger partial charge in [-0.15, -0.1) is 0 Å². The van der Waals surface area contributed by atoms with Crippen LogP contribution >= 0.6 is 0 Å². The Morgan fingerprint density at radius 2 is 2.27 bits per heavy atom. The second-order valence-electron chi connectivity index (χ2n) is 4.21. The van der Waals surface area contributed by atoms with Crippen molar-refractivity contribution >= 4 is 0 Å². The maximum Gasteiger partial charge on any atom is 0.0522 e. The summed E-state index contributed by atoms with van der Waals surface area (Å²) < 4.78 is 1.87. The van der Waals surface area contributed by atoms with Gasteiger partial charge in [0.05, 0.1) is 6.20 Å². The number of nitrogens with one attached hydrogen (secondary N) is 1. The van der Waals surface area contributed by atoms with Crippen LogP contribution in [0.2, 0.25) is 0 Å². The van der Waals surface area contributed by atoms with E-state index in [1.54, 1.807) is 0 Å². The third-order valence-corrected chi connectivity index (χ3v) is 2.80. The Morgan fingerprint density at radius 1 is 1.47 bits per heavy atom. The largest absolute Gasteiger partial charge is 0.317 e. The molecule has 0 amide bonds. The van der Waals surface area contributed by atoms with Crippen LogP contribution < -0.4 is 5.32 Å². The number of rotatable bonds is 7. The van der Waals surface area contributed by atoms with Crippen LogP contribution in [0.15, 0.2) is 12.4 Å². The third kappa shape index (κ3) is 4.47. The quantitative estimate of drug-likeness (QED) is 0.697. The average Bonchev–Trinajstić information content (AvgIpc) is 2.63. The molecule has 0 spiro atoms. The van der Waals surface area contributed by atoms with E-state index in [9.17, 15) is 0 Å². The summed E-state index contributed by atoms with van der Waals surface area (Å²) in [5.41, 5.74) is 1.33. The van der Waals surface area contributed by atoms with Crippen LogP contribution in [0.5, 0.6) is 0 Å². The lowest BCUT2D eigenvalue weighted by Crippen LogP contribution is -2.27. The molecule has 0 saturated carbocycles. The maximum atomic E-state index is 4.19. The van der Waals surface area contributed by atoms with Crippen LogP contribution in [-0.2, 0) is 13.5 Å². The van der Waals surface area contributed by atoms with Crippen LogP contribution in [0.1, 0.15) is 38.2 Å². The summed E-state index contributed by atoms with van der Waals surface area (Å²) in [6.07, 6.45) is 10.4. The van der Waals surface area contributed by atoms with Gasteiger partial charge in [0, 0.05) is 19.3 Å². The molecule has 1 aromatic heterocycles. The van der Waals surface area contributed by atoms with Gasteiger partial charge in [0.15, 0.2) is 0 Å². The Morgan fingerprint density at radius 3 is 2.80 bits per heavy atom. The van der Waals surface area contributed by atoms with E-state index in [2.05, 4.69) is 23.5 Å². The van der Waals surface area contributed by atoms with Gasteiger partial charge in [0.2, 0.25) is 0 Å². The van der Waals surface area contributed by atoms with Gasteiger partial charge in [-0.05, 0) is 25.5 Å². The number of aromatic nitrogens is 2. The second-order valence-corrected chi connectivity index (χ2v) is 4.21. The van der Waals surface area contributed by atoms with E-state index in [4.69, 9.17) is 0 Å². The van der Waals surface area contributed by atoms with Crippen molar-refractivity contribution in [1.29, 1.82) is 0 Å². The minimum absolute atomic E-state index is 0.598. The molecule has 1 heterocycles. The fourth-order valence-electron chi connectivity index (χ4n) is 1.85. The molecule has 0 bridgehead atoms. The Bertz CT molecular complexity index is 268. The number of aryl methyl sites for hydroxylation is 1. The molecule has 1 unspecified atom stereocenters. The summed E-state index contributed by atoms with van der Waals surface area (Å²) in [6.45, 7) is 2.25. The highest BCUT2D eigenvalue weighted by Gasteiger charge is 2.07. The molecule has 0 saturated heterocycles. The van der Waals surface area contributed by atoms with Crippen molar-refractivity contribution in [3.63, 3.8) is 0 Å². The van der Waals surface area contributed by atoms with E-state index in [-0.39, 0.29) is 0 Å². The van der Waals surface area contributed by atoms with Crippen LogP contribution in [-0.4, -0.2) is 22.9 Å². The molecule has 0 radical (unpaired) electrons. The first-order valence-electron chi connectivity index (χ1n) is 5.91. The number of hydrogen-bond donors (Lipinski definition) is 1. The van der Waals surface area contributed by atoms with Gasteiger partial charge in [-0.25, -0.2) is 0 Å². The molecule has 0 aliphatic carbocycles. The van der Waals surface area contributed by atoms with Crippen molar-refractivity contribution in [3.8, 4) is 0 Å². The number of nitrogens with zero attached hydrogens (tertiary/aromatic N) is 2. The first-order chi connectivity index (χ1) is 7.26. The van der Waals surface area contributed by atoms with E-state index >= 15 is 0 Å². The molecule has 0 aromatic carbocycles. The highest BCUT2D eigenvalue weighted by molar-refractivity contribution is 5.05. The third-order valence-electron chi connectivity index (χ3n) is 2.80. The summed E-state index contributed by atoms with van der Waals surface area (Å²) in [5.74, 6) is 0. The molecule has 1 N–H and O–H groups in total. The molecule has 3 nitrogen and oxygen atoms in total. The predicted octanol–water partition coefficient (Wildman–Crippen LogP) is 2.13. The highest BCUT2D eigenvalue weighted by atomic mass is 15.2. The first-order valence-corrected chi connectivity index (χ1v) is 5.91. The zero-order valence-electron chi connectivity index (χ0n) is 10.2. The van der Waals surface area contributed by atoms with Crippen LogP contribution in [0.3, 0.4) is 0 Å². The fourth-order valence-corrected chi connectivity index (χ4v) is 1.85. The zero-order valence-corrected chi connectivity index (χ0v) is 10.2. The normalized spacial score (nSPS) is 13.0. The summed E-state index contributed by atoms with van der Waals surface area (Å²) in [5, 5.41) is 7.57. The van der Waals surface area contributed by atoms with Crippen LogP contribution in [0.25, 0.3) is 0 Å². The lowest BCUT2D eigenvalue weighted by molar-refractivity contribution is 0.490. The van der Waals surface area contributed by atoms with Crippen LogP contribution in [0.4, 0.5) is 0 Å². The van der Waals surface area contributed by atoms with Crippen molar-refractivity contribution in [2.24, 2.45) is 7.05 Å². The average molecular weight is 209 g/mol. The molecule has 0 aliphatic heterocycles. The molecular weight excluding hydrogens is 186 g/mol. The molecule has 0 fully saturated rings. The summed E-state index contributed by atoms with van der Waals surface area (Å²) in [6, 6.07) is 0.598.